The van der Waals surface area contributed by atoms with E-state index in [4.69, 9.17) is 4.74 Å². The van der Waals surface area contributed by atoms with Crippen molar-refractivity contribution >= 4 is 29.2 Å². The molecule has 11 heteroatoms. The minimum Gasteiger partial charge on any atom is -0.497 e. The van der Waals surface area contributed by atoms with Gasteiger partial charge in [0.05, 0.1) is 18.8 Å². The van der Waals surface area contributed by atoms with Crippen LogP contribution < -0.4 is 20.3 Å². The number of nitrogens with one attached hydrogen (secondary N) is 2. The number of aliphatic hydroxyl groups is 1. The second-order valence-electron chi connectivity index (χ2n) is 7.23. The molecule has 3 N–H and O–H groups in total. The van der Waals surface area contributed by atoms with E-state index in [2.05, 4.69) is 25.6 Å². The van der Waals surface area contributed by atoms with Crippen LogP contribution in [0.4, 0.5) is 42.4 Å². The van der Waals surface area contributed by atoms with Crippen molar-refractivity contribution in [2.45, 2.75) is 18.7 Å². The Kier molecular flexibility index (Phi) is 5.99. The van der Waals surface area contributed by atoms with Gasteiger partial charge in [-0.25, -0.2) is 0 Å². The standard InChI is InChI=1S/C21H21F3N6O2/c1-32-17-7-3-6-15(11-17)26-19-27-18(28-20(29-19)30-9-8-16(31)12-30)25-14-5-2-4-13(10-14)21(22,23)24/h2-7,10-11,16,31H,8-9,12H2,1H3,(H2,25,26,27,28,29). The second kappa shape index (κ2) is 8.87. The van der Waals surface area contributed by atoms with E-state index in [1.165, 1.54) is 12.1 Å². The molecule has 1 saturated heterocycles. The topological polar surface area (TPSA) is 95.4 Å². The molecule has 32 heavy (non-hydrogen) atoms. The van der Waals surface area contributed by atoms with Gasteiger partial charge in [-0.2, -0.15) is 28.1 Å². The second-order valence-corrected chi connectivity index (χ2v) is 7.23. The van der Waals surface area contributed by atoms with Crippen molar-refractivity contribution in [3.63, 3.8) is 0 Å². The predicted molar refractivity (Wildman–Crippen MR) is 114 cm³/mol. The maximum Gasteiger partial charge on any atom is 0.416 e. The van der Waals surface area contributed by atoms with Gasteiger partial charge in [0.1, 0.15) is 5.75 Å². The first kappa shape index (κ1) is 21.6. The first-order chi connectivity index (χ1) is 15.3. The Morgan fingerprint density at radius 3 is 2.25 bits per heavy atom. The van der Waals surface area contributed by atoms with E-state index < -0.39 is 17.8 Å². The highest BCUT2D eigenvalue weighted by atomic mass is 19.4. The molecule has 8 nitrogen and oxygen atoms in total. The third kappa shape index (κ3) is 5.17. The molecule has 0 amide bonds. The Morgan fingerprint density at radius 1 is 1.00 bits per heavy atom. The molecule has 1 aliphatic rings. The Balaban J connectivity index is 1.65. The molecule has 0 saturated carbocycles. The quantitative estimate of drug-likeness (QED) is 0.524. The Morgan fingerprint density at radius 2 is 1.66 bits per heavy atom. The number of nitrogens with zero attached hydrogens (tertiary/aromatic N) is 4. The fourth-order valence-corrected chi connectivity index (χ4v) is 3.27. The molecule has 0 radical (unpaired) electrons. The highest BCUT2D eigenvalue weighted by molar-refractivity contribution is 5.61. The molecule has 1 unspecified atom stereocenters. The summed E-state index contributed by atoms with van der Waals surface area (Å²) in [5, 5.41) is 15.8. The number of alkyl halides is 3. The van der Waals surface area contributed by atoms with Gasteiger partial charge < -0.3 is 25.4 Å². The van der Waals surface area contributed by atoms with E-state index in [0.717, 1.165) is 12.1 Å². The molecule has 1 fully saturated rings. The lowest BCUT2D eigenvalue weighted by Crippen LogP contribution is -2.24. The zero-order valence-corrected chi connectivity index (χ0v) is 17.1. The van der Waals surface area contributed by atoms with Crippen LogP contribution in [0.5, 0.6) is 5.75 Å². The molecule has 4 rings (SSSR count). The van der Waals surface area contributed by atoms with Gasteiger partial charge >= 0.3 is 6.18 Å². The van der Waals surface area contributed by atoms with Crippen molar-refractivity contribution in [2.24, 2.45) is 0 Å². The van der Waals surface area contributed by atoms with E-state index in [1.54, 1.807) is 36.3 Å². The summed E-state index contributed by atoms with van der Waals surface area (Å²) in [6.07, 6.45) is -4.39. The van der Waals surface area contributed by atoms with Crippen LogP contribution in [0.1, 0.15) is 12.0 Å². The maximum atomic E-state index is 13.1. The minimum absolute atomic E-state index is 0.0705. The summed E-state index contributed by atoms with van der Waals surface area (Å²) in [7, 11) is 1.55. The van der Waals surface area contributed by atoms with Gasteiger partial charge in [-0.15, -0.1) is 0 Å². The van der Waals surface area contributed by atoms with Crippen LogP contribution in [-0.4, -0.2) is 46.4 Å². The fourth-order valence-electron chi connectivity index (χ4n) is 3.27. The average Bonchev–Trinajstić information content (AvgIpc) is 3.20. The molecule has 1 atom stereocenters. The molecule has 1 aliphatic heterocycles. The zero-order chi connectivity index (χ0) is 22.7. The summed E-state index contributed by atoms with van der Waals surface area (Å²) in [5.41, 5.74) is 0.0629. The number of benzene rings is 2. The van der Waals surface area contributed by atoms with Gasteiger partial charge in [0.25, 0.3) is 0 Å². The number of ether oxygens (including phenoxy) is 1. The van der Waals surface area contributed by atoms with Crippen molar-refractivity contribution in [3.05, 3.63) is 54.1 Å². The molecule has 0 bridgehead atoms. The minimum atomic E-state index is -4.47. The molecule has 0 aliphatic carbocycles. The van der Waals surface area contributed by atoms with Crippen LogP contribution in [-0.2, 0) is 6.18 Å². The molecular weight excluding hydrogens is 425 g/mol. The smallest absolute Gasteiger partial charge is 0.416 e. The van der Waals surface area contributed by atoms with Gasteiger partial charge in [0.15, 0.2) is 0 Å². The van der Waals surface area contributed by atoms with E-state index in [-0.39, 0.29) is 17.6 Å². The van der Waals surface area contributed by atoms with Crippen molar-refractivity contribution in [1.82, 2.24) is 15.0 Å². The summed E-state index contributed by atoms with van der Waals surface area (Å²) >= 11 is 0. The zero-order valence-electron chi connectivity index (χ0n) is 17.1. The van der Waals surface area contributed by atoms with Gasteiger partial charge in [-0.1, -0.05) is 12.1 Å². The Hall–Kier alpha value is -3.60. The van der Waals surface area contributed by atoms with Crippen LogP contribution >= 0.6 is 0 Å². The lowest BCUT2D eigenvalue weighted by atomic mass is 10.2. The SMILES string of the molecule is COc1cccc(Nc2nc(Nc3cccc(C(F)(F)F)c3)nc(N3CCC(O)C3)n2)c1. The number of β-amino-alcohol motifs (C(OH)–C–C–N with tert-alkyl or cyclic N) is 1. The summed E-state index contributed by atoms with van der Waals surface area (Å²) in [5.74, 6) is 1.20. The highest BCUT2D eigenvalue weighted by Crippen LogP contribution is 2.31. The molecule has 3 aromatic rings. The molecule has 2 aromatic carbocycles. The number of methoxy groups -OCH3 is 1. The predicted octanol–water partition coefficient (Wildman–Crippen LogP) is 3.96. The number of hydrogen-bond acceptors (Lipinski definition) is 8. The van der Waals surface area contributed by atoms with Crippen molar-refractivity contribution in [3.8, 4) is 5.75 Å². The van der Waals surface area contributed by atoms with E-state index >= 15 is 0 Å². The lowest BCUT2D eigenvalue weighted by molar-refractivity contribution is -0.137. The van der Waals surface area contributed by atoms with E-state index in [1.807, 2.05) is 0 Å². The summed E-state index contributed by atoms with van der Waals surface area (Å²) in [4.78, 5) is 14.9. The van der Waals surface area contributed by atoms with Crippen LogP contribution in [0, 0.1) is 0 Å². The van der Waals surface area contributed by atoms with E-state index in [0.29, 0.717) is 36.9 Å². The number of aliphatic hydroxyl groups excluding tert-OH is 1. The number of hydrogen-bond donors (Lipinski definition) is 3. The Bertz CT molecular complexity index is 1100. The van der Waals surface area contributed by atoms with Crippen LogP contribution in [0.15, 0.2) is 48.5 Å². The normalized spacial score (nSPS) is 16.2. The number of halogens is 3. The van der Waals surface area contributed by atoms with Crippen molar-refractivity contribution in [2.75, 3.05) is 35.7 Å². The van der Waals surface area contributed by atoms with Crippen LogP contribution in [0.25, 0.3) is 0 Å². The molecule has 1 aromatic heterocycles. The Labute approximate surface area is 182 Å². The molecule has 168 valence electrons. The fraction of sp³-hybridized carbons (Fsp3) is 0.286. The van der Waals surface area contributed by atoms with E-state index in [9.17, 15) is 18.3 Å². The summed E-state index contributed by atoms with van der Waals surface area (Å²) in [6.45, 7) is 0.901. The first-order valence-corrected chi connectivity index (χ1v) is 9.84. The van der Waals surface area contributed by atoms with Gasteiger partial charge in [0, 0.05) is 30.5 Å². The van der Waals surface area contributed by atoms with Gasteiger partial charge in [-0.05, 0) is 36.8 Å². The first-order valence-electron chi connectivity index (χ1n) is 9.84. The third-order valence-corrected chi connectivity index (χ3v) is 4.84. The lowest BCUT2D eigenvalue weighted by Gasteiger charge is -2.18. The van der Waals surface area contributed by atoms with Crippen LogP contribution in [0.2, 0.25) is 0 Å². The van der Waals surface area contributed by atoms with Crippen LogP contribution in [0.3, 0.4) is 0 Å². The van der Waals surface area contributed by atoms with Gasteiger partial charge in [-0.3, -0.25) is 0 Å². The number of aromatic nitrogens is 3. The molecular formula is C21H21F3N6O2. The molecule has 2 heterocycles. The monoisotopic (exact) mass is 446 g/mol. The van der Waals surface area contributed by atoms with Gasteiger partial charge in [0.2, 0.25) is 17.8 Å². The third-order valence-electron chi connectivity index (χ3n) is 4.84. The summed E-state index contributed by atoms with van der Waals surface area (Å²) in [6, 6.07) is 11.9. The molecule has 0 spiro atoms. The van der Waals surface area contributed by atoms with Crippen molar-refractivity contribution < 1.29 is 23.0 Å². The summed E-state index contributed by atoms with van der Waals surface area (Å²) < 4.78 is 44.4. The average molecular weight is 446 g/mol. The largest absolute Gasteiger partial charge is 0.497 e. The highest BCUT2D eigenvalue weighted by Gasteiger charge is 2.30. The van der Waals surface area contributed by atoms with Crippen molar-refractivity contribution in [1.29, 1.82) is 0 Å². The number of anilines is 5. The number of rotatable bonds is 6. The maximum absolute atomic E-state index is 13.1.